The zero-order valence-electron chi connectivity index (χ0n) is 13.4. The number of rotatable bonds is 2. The molecule has 1 aromatic heterocycles. The van der Waals surface area contributed by atoms with Crippen molar-refractivity contribution in [2.24, 2.45) is 5.41 Å². The highest BCUT2D eigenvalue weighted by Gasteiger charge is 2.51. The van der Waals surface area contributed by atoms with E-state index in [-0.39, 0.29) is 16.1 Å². The quantitative estimate of drug-likeness (QED) is 0.805. The second kappa shape index (κ2) is 5.71. The summed E-state index contributed by atoms with van der Waals surface area (Å²) in [5.74, 6) is -1.96. The molecule has 4 nitrogen and oxygen atoms in total. The Morgan fingerprint density at radius 2 is 2.04 bits per heavy atom. The Morgan fingerprint density at radius 1 is 1.39 bits per heavy atom. The fourth-order valence-corrected chi connectivity index (χ4v) is 4.19. The normalized spacial score (nSPS) is 28.9. The number of carboxylic acids is 1. The van der Waals surface area contributed by atoms with Gasteiger partial charge in [0.15, 0.2) is 11.0 Å². The summed E-state index contributed by atoms with van der Waals surface area (Å²) in [6.45, 7) is 4.48. The van der Waals surface area contributed by atoms with Crippen LogP contribution in [0.2, 0.25) is 5.15 Å². The lowest BCUT2D eigenvalue weighted by atomic mass is 9.68. The first-order chi connectivity index (χ1) is 10.7. The van der Waals surface area contributed by atoms with Gasteiger partial charge < -0.3 is 5.11 Å². The molecule has 126 valence electrons. The maximum atomic E-state index is 14.4. The summed E-state index contributed by atoms with van der Waals surface area (Å²) in [6.07, 6.45) is 5.98. The van der Waals surface area contributed by atoms with Gasteiger partial charge in [-0.1, -0.05) is 25.4 Å². The van der Waals surface area contributed by atoms with E-state index in [9.17, 15) is 14.3 Å². The van der Waals surface area contributed by atoms with E-state index in [1.54, 1.807) is 6.07 Å². The largest absolute Gasteiger partial charge is 0.480 e. The number of aromatic nitrogens is 1. The molecule has 3 rings (SSSR count). The predicted molar refractivity (Wildman–Crippen MR) is 86.1 cm³/mol. The van der Waals surface area contributed by atoms with Crippen molar-refractivity contribution in [3.05, 3.63) is 28.8 Å². The van der Waals surface area contributed by atoms with Gasteiger partial charge in [-0.05, 0) is 49.1 Å². The molecule has 23 heavy (non-hydrogen) atoms. The molecule has 1 aromatic rings. The second-order valence-electron chi connectivity index (χ2n) is 7.72. The lowest BCUT2D eigenvalue weighted by Crippen LogP contribution is -2.49. The van der Waals surface area contributed by atoms with Gasteiger partial charge in [0.1, 0.15) is 6.04 Å². The Hall–Kier alpha value is -1.20. The summed E-state index contributed by atoms with van der Waals surface area (Å²) in [7, 11) is 0. The van der Waals surface area contributed by atoms with Crippen molar-refractivity contribution >= 4 is 17.6 Å². The van der Waals surface area contributed by atoms with Crippen molar-refractivity contribution in [1.29, 1.82) is 0 Å². The van der Waals surface area contributed by atoms with E-state index in [1.165, 1.54) is 6.20 Å². The summed E-state index contributed by atoms with van der Waals surface area (Å²) >= 11 is 5.78. The number of carboxylic acid groups (broad SMARTS) is 1. The van der Waals surface area contributed by atoms with E-state index >= 15 is 0 Å². The van der Waals surface area contributed by atoms with Gasteiger partial charge in [-0.3, -0.25) is 10.1 Å². The zero-order chi connectivity index (χ0) is 16.8. The van der Waals surface area contributed by atoms with Crippen molar-refractivity contribution in [3.63, 3.8) is 0 Å². The molecule has 1 saturated carbocycles. The first-order valence-corrected chi connectivity index (χ1v) is 8.41. The zero-order valence-corrected chi connectivity index (χ0v) is 14.2. The monoisotopic (exact) mass is 340 g/mol. The molecule has 0 aromatic carbocycles. The van der Waals surface area contributed by atoms with Gasteiger partial charge in [0, 0.05) is 17.7 Å². The molecule has 0 bridgehead atoms. The maximum Gasteiger partial charge on any atom is 0.321 e. The summed E-state index contributed by atoms with van der Waals surface area (Å²) in [4.78, 5) is 15.4. The molecule has 1 aliphatic heterocycles. The van der Waals surface area contributed by atoms with Crippen molar-refractivity contribution in [1.82, 2.24) is 10.3 Å². The van der Waals surface area contributed by atoms with E-state index in [0.29, 0.717) is 12.0 Å². The van der Waals surface area contributed by atoms with Crippen LogP contribution in [0.15, 0.2) is 12.3 Å². The Bertz CT molecular complexity index is 625. The van der Waals surface area contributed by atoms with E-state index in [0.717, 1.165) is 25.7 Å². The predicted octanol–water partition coefficient (Wildman–Crippen LogP) is 3.74. The Kier molecular flexibility index (Phi) is 4.13. The molecule has 0 unspecified atom stereocenters. The molecular weight excluding hydrogens is 319 g/mol. The van der Waals surface area contributed by atoms with Gasteiger partial charge >= 0.3 is 5.97 Å². The van der Waals surface area contributed by atoms with Crippen molar-refractivity contribution in [2.45, 2.75) is 63.5 Å². The number of aliphatic carboxylic acids is 1. The topological polar surface area (TPSA) is 62.2 Å². The number of halogens is 2. The van der Waals surface area contributed by atoms with Crippen molar-refractivity contribution < 1.29 is 14.3 Å². The lowest BCUT2D eigenvalue weighted by Gasteiger charge is -2.42. The van der Waals surface area contributed by atoms with Crippen LogP contribution in [0.25, 0.3) is 0 Å². The highest BCUT2D eigenvalue weighted by Crippen LogP contribution is 2.49. The Morgan fingerprint density at radius 3 is 2.65 bits per heavy atom. The minimum Gasteiger partial charge on any atom is -0.480 e. The Balaban J connectivity index is 1.91. The minimum absolute atomic E-state index is 0.197. The van der Waals surface area contributed by atoms with Crippen LogP contribution in [0.3, 0.4) is 0 Å². The molecule has 2 N–H and O–H groups in total. The molecule has 6 heteroatoms. The average molecular weight is 341 g/mol. The third kappa shape index (κ3) is 3.09. The molecule has 0 amide bonds. The molecular formula is C17H22ClFN2O2. The second-order valence-corrected chi connectivity index (χ2v) is 8.08. The van der Waals surface area contributed by atoms with E-state index < -0.39 is 23.7 Å². The van der Waals surface area contributed by atoms with Crippen molar-refractivity contribution in [3.8, 4) is 0 Å². The molecule has 0 radical (unpaired) electrons. The molecule has 1 aliphatic carbocycles. The maximum absolute atomic E-state index is 14.4. The van der Waals surface area contributed by atoms with Crippen LogP contribution in [0.4, 0.5) is 4.39 Å². The molecule has 1 spiro atoms. The number of hydrogen-bond acceptors (Lipinski definition) is 3. The third-order valence-electron chi connectivity index (χ3n) is 5.58. The van der Waals surface area contributed by atoms with Crippen LogP contribution in [0.5, 0.6) is 0 Å². The first kappa shape index (κ1) is 16.7. The minimum atomic E-state index is -0.941. The van der Waals surface area contributed by atoms with Gasteiger partial charge in [0.05, 0.1) is 0 Å². The SMILES string of the molecule is CC1(C)CCC2(CC1)C[C@@H](c1ccnc(Cl)c1F)[C@H](C(=O)O)N2. The fourth-order valence-electron chi connectivity index (χ4n) is 4.02. The Labute approximate surface area is 140 Å². The van der Waals surface area contributed by atoms with Gasteiger partial charge in [-0.25, -0.2) is 9.37 Å². The summed E-state index contributed by atoms with van der Waals surface area (Å²) in [6, 6.07) is 0.763. The van der Waals surface area contributed by atoms with Gasteiger partial charge in [0.25, 0.3) is 0 Å². The summed E-state index contributed by atoms with van der Waals surface area (Å²) in [5.41, 5.74) is 0.423. The van der Waals surface area contributed by atoms with E-state index in [1.807, 2.05) is 0 Å². The highest BCUT2D eigenvalue weighted by atomic mass is 35.5. The number of nitrogens with zero attached hydrogens (tertiary/aromatic N) is 1. The standard InChI is InChI=1S/C17H22ClFN2O2/c1-16(2)4-6-17(7-5-16)9-11(13(21-17)15(22)23)10-3-8-20-14(18)12(10)19/h3,8,11,13,21H,4-7,9H2,1-2H3,(H,22,23)/t11-,13+/m0/s1. The first-order valence-electron chi connectivity index (χ1n) is 8.03. The van der Waals surface area contributed by atoms with Crippen LogP contribution in [-0.4, -0.2) is 27.6 Å². The number of nitrogens with one attached hydrogen (secondary N) is 1. The van der Waals surface area contributed by atoms with Crippen LogP contribution in [0.1, 0.15) is 57.4 Å². The van der Waals surface area contributed by atoms with Crippen LogP contribution >= 0.6 is 11.6 Å². The van der Waals surface area contributed by atoms with Crippen LogP contribution in [0, 0.1) is 11.2 Å². The summed E-state index contributed by atoms with van der Waals surface area (Å²) < 4.78 is 14.4. The van der Waals surface area contributed by atoms with Crippen LogP contribution < -0.4 is 5.32 Å². The fraction of sp³-hybridized carbons (Fsp3) is 0.647. The molecule has 2 fully saturated rings. The smallest absolute Gasteiger partial charge is 0.321 e. The molecule has 2 aliphatic rings. The van der Waals surface area contributed by atoms with Gasteiger partial charge in [0.2, 0.25) is 0 Å². The molecule has 2 heterocycles. The lowest BCUT2D eigenvalue weighted by molar-refractivity contribution is -0.139. The number of hydrogen-bond donors (Lipinski definition) is 2. The highest BCUT2D eigenvalue weighted by molar-refractivity contribution is 6.29. The number of pyridine rings is 1. The van der Waals surface area contributed by atoms with E-state index in [4.69, 9.17) is 11.6 Å². The molecule has 2 atom stereocenters. The third-order valence-corrected chi connectivity index (χ3v) is 5.84. The summed E-state index contributed by atoms with van der Waals surface area (Å²) in [5, 5.41) is 12.7. The van der Waals surface area contributed by atoms with Crippen molar-refractivity contribution in [2.75, 3.05) is 0 Å². The van der Waals surface area contributed by atoms with Gasteiger partial charge in [-0.15, -0.1) is 0 Å². The number of carbonyl (C=O) groups is 1. The van der Waals surface area contributed by atoms with Gasteiger partial charge in [-0.2, -0.15) is 0 Å². The van der Waals surface area contributed by atoms with Crippen LogP contribution in [-0.2, 0) is 4.79 Å². The van der Waals surface area contributed by atoms with E-state index in [2.05, 4.69) is 24.1 Å². The average Bonchev–Trinajstić information content (AvgIpc) is 2.86. The molecule has 1 saturated heterocycles.